The molecule has 1 aromatic heterocycles. The number of carbonyl (C=O) groups excluding carboxylic acids is 1. The molecule has 118 valence electrons. The van der Waals surface area contributed by atoms with Gasteiger partial charge in [0.2, 0.25) is 5.91 Å². The van der Waals surface area contributed by atoms with Crippen LogP contribution in [0.3, 0.4) is 0 Å². The lowest BCUT2D eigenvalue weighted by Gasteiger charge is -2.36. The number of rotatable bonds is 3. The summed E-state index contributed by atoms with van der Waals surface area (Å²) >= 11 is 0. The molecule has 0 aromatic carbocycles. The lowest BCUT2D eigenvalue weighted by atomic mass is 9.92. The molecule has 0 unspecified atom stereocenters. The number of H-pyrrole nitrogens is 1. The van der Waals surface area contributed by atoms with Gasteiger partial charge in [0.05, 0.1) is 5.69 Å². The fourth-order valence-electron chi connectivity index (χ4n) is 2.85. The van der Waals surface area contributed by atoms with Crippen LogP contribution in [0.15, 0.2) is 6.07 Å². The summed E-state index contributed by atoms with van der Waals surface area (Å²) in [5.41, 5.74) is 2.36. The normalized spacial score (nSPS) is 17.5. The lowest BCUT2D eigenvalue weighted by molar-refractivity contribution is -0.130. The van der Waals surface area contributed by atoms with Crippen LogP contribution < -0.4 is 0 Å². The Labute approximate surface area is 127 Å². The summed E-state index contributed by atoms with van der Waals surface area (Å²) in [7, 11) is 2.16. The molecule has 0 aliphatic carbocycles. The third-order valence-electron chi connectivity index (χ3n) is 4.35. The number of hydrogen-bond donors (Lipinski definition) is 1. The number of piperidine rings is 1. The Morgan fingerprint density at radius 3 is 2.52 bits per heavy atom. The molecule has 0 bridgehead atoms. The molecule has 2 rings (SSSR count). The van der Waals surface area contributed by atoms with Crippen LogP contribution in [0.2, 0.25) is 0 Å². The van der Waals surface area contributed by atoms with Crippen molar-refractivity contribution in [2.45, 2.75) is 58.5 Å². The molecule has 0 radical (unpaired) electrons. The van der Waals surface area contributed by atoms with E-state index in [0.717, 1.165) is 43.9 Å². The first kappa shape index (κ1) is 16.0. The van der Waals surface area contributed by atoms with E-state index >= 15 is 0 Å². The Bertz CT molecular complexity index is 481. The average molecular weight is 292 g/mol. The average Bonchev–Trinajstić information content (AvgIpc) is 2.87. The Morgan fingerprint density at radius 2 is 2.05 bits per heavy atom. The molecule has 1 amide bonds. The van der Waals surface area contributed by atoms with E-state index in [0.29, 0.717) is 6.04 Å². The Balaban J connectivity index is 1.89. The lowest BCUT2D eigenvalue weighted by Crippen LogP contribution is -2.44. The first-order valence-electron chi connectivity index (χ1n) is 7.78. The SMILES string of the molecule is CC(=O)N1CCC(N(C)Cc2cc(C(C)(C)C)n[nH]2)CC1. The van der Waals surface area contributed by atoms with Crippen molar-refractivity contribution in [3.63, 3.8) is 0 Å². The summed E-state index contributed by atoms with van der Waals surface area (Å²) in [5.74, 6) is 0.194. The van der Waals surface area contributed by atoms with Crippen molar-refractivity contribution in [1.29, 1.82) is 0 Å². The second-order valence-corrected chi connectivity index (χ2v) is 7.18. The van der Waals surface area contributed by atoms with Gasteiger partial charge in [-0.1, -0.05) is 20.8 Å². The molecule has 0 saturated carbocycles. The third-order valence-corrected chi connectivity index (χ3v) is 4.35. The van der Waals surface area contributed by atoms with Crippen molar-refractivity contribution in [1.82, 2.24) is 20.0 Å². The van der Waals surface area contributed by atoms with Crippen LogP contribution in [-0.2, 0) is 16.8 Å². The molecular weight excluding hydrogens is 264 g/mol. The standard InChI is InChI=1S/C16H28N4O/c1-12(21)20-8-6-14(7-9-20)19(5)11-13-10-15(18-17-13)16(2,3)4/h10,14H,6-9,11H2,1-5H3,(H,17,18). The van der Waals surface area contributed by atoms with Crippen molar-refractivity contribution in [3.8, 4) is 0 Å². The molecule has 1 fully saturated rings. The predicted octanol–water partition coefficient (Wildman–Crippen LogP) is 2.15. The minimum absolute atomic E-state index is 0.0835. The van der Waals surface area contributed by atoms with Gasteiger partial charge in [0, 0.05) is 43.7 Å². The van der Waals surface area contributed by atoms with Crippen molar-refractivity contribution >= 4 is 5.91 Å². The highest BCUT2D eigenvalue weighted by molar-refractivity contribution is 5.73. The Hall–Kier alpha value is -1.36. The zero-order valence-electron chi connectivity index (χ0n) is 13.9. The zero-order valence-corrected chi connectivity index (χ0v) is 13.9. The van der Waals surface area contributed by atoms with E-state index in [4.69, 9.17) is 0 Å². The molecule has 1 aliphatic rings. The Morgan fingerprint density at radius 1 is 1.43 bits per heavy atom. The molecule has 1 aromatic rings. The largest absolute Gasteiger partial charge is 0.343 e. The second kappa shape index (κ2) is 6.18. The molecule has 1 N–H and O–H groups in total. The first-order valence-corrected chi connectivity index (χ1v) is 7.78. The molecule has 21 heavy (non-hydrogen) atoms. The number of nitrogens with one attached hydrogen (secondary N) is 1. The van der Waals surface area contributed by atoms with E-state index in [9.17, 15) is 4.79 Å². The van der Waals surface area contributed by atoms with E-state index in [1.165, 1.54) is 0 Å². The smallest absolute Gasteiger partial charge is 0.219 e. The van der Waals surface area contributed by atoms with Gasteiger partial charge < -0.3 is 4.90 Å². The number of carbonyl (C=O) groups is 1. The van der Waals surface area contributed by atoms with Crippen LogP contribution in [0, 0.1) is 0 Å². The van der Waals surface area contributed by atoms with E-state index in [2.05, 4.69) is 49.0 Å². The minimum atomic E-state index is 0.0835. The minimum Gasteiger partial charge on any atom is -0.343 e. The molecule has 1 aliphatic heterocycles. The second-order valence-electron chi connectivity index (χ2n) is 7.18. The highest BCUT2D eigenvalue weighted by atomic mass is 16.2. The molecule has 5 heteroatoms. The van der Waals surface area contributed by atoms with Gasteiger partial charge in [-0.25, -0.2) is 0 Å². The maximum atomic E-state index is 11.4. The number of hydrogen-bond acceptors (Lipinski definition) is 3. The summed E-state index contributed by atoms with van der Waals surface area (Å²) in [4.78, 5) is 15.7. The van der Waals surface area contributed by atoms with Crippen molar-refractivity contribution in [2.24, 2.45) is 0 Å². The summed E-state index contributed by atoms with van der Waals surface area (Å²) in [6, 6.07) is 2.71. The molecule has 1 saturated heterocycles. The van der Waals surface area contributed by atoms with Gasteiger partial charge in [-0.3, -0.25) is 14.8 Å². The monoisotopic (exact) mass is 292 g/mol. The quantitative estimate of drug-likeness (QED) is 0.928. The number of aromatic nitrogens is 2. The molecule has 0 spiro atoms. The highest BCUT2D eigenvalue weighted by Crippen LogP contribution is 2.22. The van der Waals surface area contributed by atoms with E-state index in [1.807, 2.05) is 4.90 Å². The number of nitrogens with zero attached hydrogens (tertiary/aromatic N) is 3. The van der Waals surface area contributed by atoms with Crippen molar-refractivity contribution in [3.05, 3.63) is 17.5 Å². The van der Waals surface area contributed by atoms with Gasteiger partial charge in [-0.15, -0.1) is 0 Å². The topological polar surface area (TPSA) is 52.2 Å². The van der Waals surface area contributed by atoms with Crippen LogP contribution in [-0.4, -0.2) is 52.1 Å². The number of aromatic amines is 1. The molecule has 5 nitrogen and oxygen atoms in total. The van der Waals surface area contributed by atoms with E-state index in [1.54, 1.807) is 6.92 Å². The van der Waals surface area contributed by atoms with Crippen molar-refractivity contribution in [2.75, 3.05) is 20.1 Å². The molecule has 0 atom stereocenters. The van der Waals surface area contributed by atoms with Gasteiger partial charge in [0.25, 0.3) is 0 Å². The molecular formula is C16H28N4O. The summed E-state index contributed by atoms with van der Waals surface area (Å²) in [6.07, 6.45) is 2.10. The fourth-order valence-corrected chi connectivity index (χ4v) is 2.85. The Kier molecular flexibility index (Phi) is 4.71. The van der Waals surface area contributed by atoms with Crippen LogP contribution in [0.1, 0.15) is 51.9 Å². The number of likely N-dealkylation sites (tertiary alicyclic amines) is 1. The third kappa shape index (κ3) is 4.06. The maximum Gasteiger partial charge on any atom is 0.219 e. The molecule has 2 heterocycles. The van der Waals surface area contributed by atoms with Crippen LogP contribution in [0.5, 0.6) is 0 Å². The van der Waals surface area contributed by atoms with Crippen LogP contribution in [0.4, 0.5) is 0 Å². The van der Waals surface area contributed by atoms with Gasteiger partial charge in [-0.2, -0.15) is 5.10 Å². The fraction of sp³-hybridized carbons (Fsp3) is 0.750. The van der Waals surface area contributed by atoms with Crippen LogP contribution in [0.25, 0.3) is 0 Å². The first-order chi connectivity index (χ1) is 9.77. The number of amides is 1. The van der Waals surface area contributed by atoms with Gasteiger partial charge in [-0.05, 0) is 26.0 Å². The predicted molar refractivity (Wildman–Crippen MR) is 84.0 cm³/mol. The van der Waals surface area contributed by atoms with E-state index < -0.39 is 0 Å². The maximum absolute atomic E-state index is 11.4. The van der Waals surface area contributed by atoms with Gasteiger partial charge in [0.1, 0.15) is 0 Å². The van der Waals surface area contributed by atoms with E-state index in [-0.39, 0.29) is 11.3 Å². The van der Waals surface area contributed by atoms with Gasteiger partial charge in [0.15, 0.2) is 0 Å². The summed E-state index contributed by atoms with van der Waals surface area (Å²) in [6.45, 7) is 10.8. The van der Waals surface area contributed by atoms with Crippen molar-refractivity contribution < 1.29 is 4.79 Å². The van der Waals surface area contributed by atoms with Crippen LogP contribution >= 0.6 is 0 Å². The van der Waals surface area contributed by atoms with Gasteiger partial charge >= 0.3 is 0 Å². The highest BCUT2D eigenvalue weighted by Gasteiger charge is 2.24. The summed E-state index contributed by atoms with van der Waals surface area (Å²) < 4.78 is 0. The summed E-state index contributed by atoms with van der Waals surface area (Å²) in [5, 5.41) is 7.57. The zero-order chi connectivity index (χ0) is 15.6.